The normalized spacial score (nSPS) is 10.3. The van der Waals surface area contributed by atoms with E-state index >= 15 is 0 Å². The lowest BCUT2D eigenvalue weighted by Crippen LogP contribution is -2.01. The van der Waals surface area contributed by atoms with Gasteiger partial charge >= 0.3 is 0 Å². The van der Waals surface area contributed by atoms with E-state index in [-0.39, 0.29) is 5.78 Å². The number of benzene rings is 2. The smallest absolute Gasteiger partial charge is 0.194 e. The number of rotatable bonds is 2. The van der Waals surface area contributed by atoms with E-state index in [2.05, 4.69) is 0 Å². The van der Waals surface area contributed by atoms with Gasteiger partial charge in [0.05, 0.1) is 5.02 Å². The van der Waals surface area contributed by atoms with E-state index < -0.39 is 0 Å². The van der Waals surface area contributed by atoms with Crippen molar-refractivity contribution in [2.75, 3.05) is 0 Å². The Bertz CT molecular complexity index is 558. The number of hydrogen-bond donors (Lipinski definition) is 0. The van der Waals surface area contributed by atoms with Gasteiger partial charge in [0.15, 0.2) is 5.78 Å². The molecule has 0 N–H and O–H groups in total. The van der Waals surface area contributed by atoms with E-state index in [4.69, 9.17) is 34.8 Å². The van der Waals surface area contributed by atoms with Crippen LogP contribution in [0.3, 0.4) is 0 Å². The summed E-state index contributed by atoms with van der Waals surface area (Å²) in [6, 6.07) is 11.6. The molecule has 17 heavy (non-hydrogen) atoms. The Balaban J connectivity index is 2.48. The van der Waals surface area contributed by atoms with Gasteiger partial charge in [-0.3, -0.25) is 4.79 Å². The van der Waals surface area contributed by atoms with Crippen LogP contribution in [0.5, 0.6) is 0 Å². The average Bonchev–Trinajstić information content (AvgIpc) is 2.27. The first kappa shape index (κ1) is 12.4. The van der Waals surface area contributed by atoms with Gasteiger partial charge in [-0.05, 0) is 30.3 Å². The molecular formula is C13H7Cl3O. The van der Waals surface area contributed by atoms with Crippen molar-refractivity contribution in [3.8, 4) is 0 Å². The average molecular weight is 286 g/mol. The quantitative estimate of drug-likeness (QED) is 0.719. The summed E-state index contributed by atoms with van der Waals surface area (Å²) in [7, 11) is 0. The Hall–Kier alpha value is -1.02. The maximum Gasteiger partial charge on any atom is 0.194 e. The SMILES string of the molecule is O=C(c1cc(Cl)cc(Cl)c1)c1ccccc1Cl. The molecule has 0 spiro atoms. The van der Waals surface area contributed by atoms with Crippen molar-refractivity contribution in [3.63, 3.8) is 0 Å². The Kier molecular flexibility index (Phi) is 3.72. The van der Waals surface area contributed by atoms with Crippen LogP contribution in [0.15, 0.2) is 42.5 Å². The second kappa shape index (κ2) is 5.09. The summed E-state index contributed by atoms with van der Waals surface area (Å²) in [6.07, 6.45) is 0. The highest BCUT2D eigenvalue weighted by atomic mass is 35.5. The van der Waals surface area contributed by atoms with Gasteiger partial charge in [-0.2, -0.15) is 0 Å². The Labute approximate surface area is 114 Å². The van der Waals surface area contributed by atoms with Gasteiger partial charge in [-0.25, -0.2) is 0 Å². The highest BCUT2D eigenvalue weighted by Gasteiger charge is 2.13. The lowest BCUT2D eigenvalue weighted by atomic mass is 10.0. The molecule has 2 aromatic rings. The van der Waals surface area contributed by atoms with E-state index in [1.165, 1.54) is 0 Å². The number of ketones is 1. The van der Waals surface area contributed by atoms with Crippen molar-refractivity contribution >= 4 is 40.6 Å². The molecule has 0 heterocycles. The molecule has 0 saturated carbocycles. The zero-order chi connectivity index (χ0) is 12.4. The molecule has 4 heteroatoms. The van der Waals surface area contributed by atoms with Gasteiger partial charge in [0.1, 0.15) is 0 Å². The fourth-order valence-corrected chi connectivity index (χ4v) is 2.23. The maximum atomic E-state index is 12.2. The summed E-state index contributed by atoms with van der Waals surface area (Å²) in [6.45, 7) is 0. The summed E-state index contributed by atoms with van der Waals surface area (Å²) in [5, 5.41) is 1.26. The van der Waals surface area contributed by atoms with E-state index in [9.17, 15) is 4.79 Å². The van der Waals surface area contributed by atoms with Crippen LogP contribution in [0.2, 0.25) is 15.1 Å². The Morgan fingerprint density at radius 3 is 2.06 bits per heavy atom. The fraction of sp³-hybridized carbons (Fsp3) is 0. The summed E-state index contributed by atoms with van der Waals surface area (Å²) < 4.78 is 0. The van der Waals surface area contributed by atoms with Crippen LogP contribution in [-0.2, 0) is 0 Å². The minimum atomic E-state index is -0.194. The van der Waals surface area contributed by atoms with Crippen molar-refractivity contribution in [1.29, 1.82) is 0 Å². The summed E-state index contributed by atoms with van der Waals surface area (Å²) in [4.78, 5) is 12.2. The van der Waals surface area contributed by atoms with E-state index in [0.717, 1.165) is 0 Å². The first-order chi connectivity index (χ1) is 8.08. The number of carbonyl (C=O) groups excluding carboxylic acids is 1. The fourth-order valence-electron chi connectivity index (χ4n) is 1.49. The van der Waals surface area contributed by atoms with Gasteiger partial charge < -0.3 is 0 Å². The van der Waals surface area contributed by atoms with E-state index in [1.807, 2.05) is 0 Å². The lowest BCUT2D eigenvalue weighted by molar-refractivity contribution is 0.103. The van der Waals surface area contributed by atoms with E-state index in [1.54, 1.807) is 42.5 Å². The largest absolute Gasteiger partial charge is 0.289 e. The second-order valence-electron chi connectivity index (χ2n) is 3.47. The molecule has 0 fully saturated rings. The molecule has 2 aromatic carbocycles. The van der Waals surface area contributed by atoms with Gasteiger partial charge in [0, 0.05) is 21.2 Å². The predicted octanol–water partition coefficient (Wildman–Crippen LogP) is 4.88. The summed E-state index contributed by atoms with van der Waals surface area (Å²) in [5.74, 6) is -0.194. The monoisotopic (exact) mass is 284 g/mol. The minimum absolute atomic E-state index is 0.194. The van der Waals surface area contributed by atoms with E-state index in [0.29, 0.717) is 26.2 Å². The van der Waals surface area contributed by atoms with Crippen LogP contribution in [0, 0.1) is 0 Å². The van der Waals surface area contributed by atoms with Crippen LogP contribution in [0.4, 0.5) is 0 Å². The molecule has 1 nitrogen and oxygen atoms in total. The van der Waals surface area contributed by atoms with Crippen LogP contribution in [0.25, 0.3) is 0 Å². The lowest BCUT2D eigenvalue weighted by Gasteiger charge is -2.04. The molecule has 0 unspecified atom stereocenters. The number of halogens is 3. The van der Waals surface area contributed by atoms with Crippen molar-refractivity contribution in [1.82, 2.24) is 0 Å². The Morgan fingerprint density at radius 2 is 1.47 bits per heavy atom. The standard InChI is InChI=1S/C13H7Cl3O/c14-9-5-8(6-10(15)7-9)13(17)11-3-1-2-4-12(11)16/h1-7H. The third kappa shape index (κ3) is 2.81. The van der Waals surface area contributed by atoms with Crippen molar-refractivity contribution in [3.05, 3.63) is 68.7 Å². The topological polar surface area (TPSA) is 17.1 Å². The molecule has 0 atom stereocenters. The molecular weight excluding hydrogens is 279 g/mol. The predicted molar refractivity (Wildman–Crippen MR) is 71.3 cm³/mol. The molecule has 86 valence electrons. The molecule has 2 rings (SSSR count). The summed E-state index contributed by atoms with van der Waals surface area (Å²) in [5.41, 5.74) is 0.864. The highest BCUT2D eigenvalue weighted by Crippen LogP contribution is 2.24. The zero-order valence-electron chi connectivity index (χ0n) is 8.58. The first-order valence-electron chi connectivity index (χ1n) is 4.83. The van der Waals surface area contributed by atoms with Crippen molar-refractivity contribution in [2.45, 2.75) is 0 Å². The second-order valence-corrected chi connectivity index (χ2v) is 4.75. The van der Waals surface area contributed by atoms with Gasteiger partial charge in [-0.1, -0.05) is 46.9 Å². The molecule has 0 aromatic heterocycles. The van der Waals surface area contributed by atoms with Crippen LogP contribution < -0.4 is 0 Å². The molecule has 0 aliphatic carbocycles. The maximum absolute atomic E-state index is 12.2. The minimum Gasteiger partial charge on any atom is -0.289 e. The van der Waals surface area contributed by atoms with Gasteiger partial charge in [0.2, 0.25) is 0 Å². The van der Waals surface area contributed by atoms with Gasteiger partial charge in [0.25, 0.3) is 0 Å². The molecule has 0 saturated heterocycles. The van der Waals surface area contributed by atoms with Gasteiger partial charge in [-0.15, -0.1) is 0 Å². The van der Waals surface area contributed by atoms with Crippen LogP contribution in [0.1, 0.15) is 15.9 Å². The molecule has 0 bridgehead atoms. The zero-order valence-corrected chi connectivity index (χ0v) is 10.9. The molecule has 0 aliphatic heterocycles. The summed E-state index contributed by atoms with van der Waals surface area (Å²) >= 11 is 17.7. The third-order valence-corrected chi connectivity index (χ3v) is 3.01. The molecule has 0 amide bonds. The van der Waals surface area contributed by atoms with Crippen molar-refractivity contribution < 1.29 is 4.79 Å². The first-order valence-corrected chi connectivity index (χ1v) is 5.96. The molecule has 0 radical (unpaired) electrons. The molecule has 0 aliphatic rings. The third-order valence-electron chi connectivity index (χ3n) is 2.24. The number of hydrogen-bond acceptors (Lipinski definition) is 1. The number of carbonyl (C=O) groups is 1. The Morgan fingerprint density at radius 1 is 0.882 bits per heavy atom. The highest BCUT2D eigenvalue weighted by molar-refractivity contribution is 6.37. The van der Waals surface area contributed by atoms with Crippen molar-refractivity contribution in [2.24, 2.45) is 0 Å². The van der Waals surface area contributed by atoms with Crippen LogP contribution in [-0.4, -0.2) is 5.78 Å². The van der Waals surface area contributed by atoms with Crippen LogP contribution >= 0.6 is 34.8 Å².